The van der Waals surface area contributed by atoms with Crippen LogP contribution >= 0.6 is 0 Å². The van der Waals surface area contributed by atoms with Gasteiger partial charge >= 0.3 is 5.97 Å². The van der Waals surface area contributed by atoms with Crippen molar-refractivity contribution in [3.05, 3.63) is 49.1 Å². The lowest BCUT2D eigenvalue weighted by Crippen LogP contribution is -2.35. The predicted molar refractivity (Wildman–Crippen MR) is 147 cm³/mol. The molecule has 0 spiro atoms. The average molecular weight is 518 g/mol. The van der Waals surface area contributed by atoms with Crippen LogP contribution in [0.15, 0.2) is 49.1 Å². The molecule has 1 fully saturated rings. The number of benzene rings is 2. The van der Waals surface area contributed by atoms with Gasteiger partial charge in [0.2, 0.25) is 0 Å². The summed E-state index contributed by atoms with van der Waals surface area (Å²) in [6.07, 6.45) is 7.57. The summed E-state index contributed by atoms with van der Waals surface area (Å²) in [6, 6.07) is 12.4. The van der Waals surface area contributed by atoms with Crippen molar-refractivity contribution in [2.45, 2.75) is 58.5 Å². The van der Waals surface area contributed by atoms with Crippen molar-refractivity contribution < 1.29 is 19.0 Å². The second-order valence-corrected chi connectivity index (χ2v) is 9.44. The number of nitrogens with zero attached hydrogens (tertiary/aromatic N) is 5. The Labute approximate surface area is 222 Å². The zero-order valence-electron chi connectivity index (χ0n) is 22.1. The summed E-state index contributed by atoms with van der Waals surface area (Å²) in [5.41, 5.74) is 1.62. The topological polar surface area (TPSA) is 91.6 Å². The van der Waals surface area contributed by atoms with Crippen molar-refractivity contribution in [1.29, 1.82) is 0 Å². The number of esters is 1. The Bertz CT molecular complexity index is 1390. The van der Waals surface area contributed by atoms with Crippen LogP contribution in [0, 0.1) is 0 Å². The molecule has 0 bridgehead atoms. The van der Waals surface area contributed by atoms with E-state index in [1.807, 2.05) is 49.0 Å². The van der Waals surface area contributed by atoms with Crippen LogP contribution in [0.2, 0.25) is 0 Å². The third-order valence-corrected chi connectivity index (χ3v) is 6.92. The number of hydrogen-bond donors (Lipinski definition) is 0. The molecule has 0 radical (unpaired) electrons. The molecule has 0 N–H and O–H groups in total. The Kier molecular flexibility index (Phi) is 8.21. The molecular formula is C29H35N5O4. The minimum atomic E-state index is -0.145. The van der Waals surface area contributed by atoms with E-state index in [2.05, 4.69) is 32.0 Å². The lowest BCUT2D eigenvalue weighted by atomic mass is 10.1. The number of aromatic nitrogens is 4. The van der Waals surface area contributed by atoms with Crippen LogP contribution in [0.1, 0.15) is 46.0 Å². The van der Waals surface area contributed by atoms with E-state index in [1.165, 1.54) is 0 Å². The van der Waals surface area contributed by atoms with Gasteiger partial charge in [0.25, 0.3) is 0 Å². The predicted octanol–water partition coefficient (Wildman–Crippen LogP) is 5.16. The van der Waals surface area contributed by atoms with Gasteiger partial charge in [0.05, 0.1) is 25.6 Å². The fourth-order valence-electron chi connectivity index (χ4n) is 5.11. The van der Waals surface area contributed by atoms with Crippen molar-refractivity contribution >= 4 is 33.7 Å². The van der Waals surface area contributed by atoms with Gasteiger partial charge in [-0.15, -0.1) is 0 Å². The maximum absolute atomic E-state index is 11.6. The normalized spacial score (nSPS) is 15.3. The van der Waals surface area contributed by atoms with Crippen LogP contribution < -0.4 is 14.4 Å². The molecule has 3 heterocycles. The second-order valence-electron chi connectivity index (χ2n) is 9.44. The van der Waals surface area contributed by atoms with Gasteiger partial charge in [-0.2, -0.15) is 0 Å². The van der Waals surface area contributed by atoms with E-state index in [0.717, 1.165) is 78.0 Å². The fraction of sp³-hybridized carbons (Fsp3) is 0.448. The number of fused-ring (bicyclic) bond motifs is 2. The van der Waals surface area contributed by atoms with E-state index in [9.17, 15) is 4.79 Å². The number of aryl methyl sites for hydroxylation is 1. The zero-order chi connectivity index (χ0) is 26.3. The Hall–Kier alpha value is -3.88. The van der Waals surface area contributed by atoms with Crippen molar-refractivity contribution in [3.63, 3.8) is 0 Å². The minimum Gasteiger partial charge on any atom is -0.494 e. The molecule has 0 aliphatic carbocycles. The third-order valence-electron chi connectivity index (χ3n) is 6.92. The molecule has 1 aliphatic rings. The van der Waals surface area contributed by atoms with Gasteiger partial charge in [0, 0.05) is 24.9 Å². The number of carbonyl (C=O) groups is 1. The highest BCUT2D eigenvalue weighted by atomic mass is 16.5. The van der Waals surface area contributed by atoms with Gasteiger partial charge < -0.3 is 23.7 Å². The van der Waals surface area contributed by atoms with Crippen LogP contribution in [0.5, 0.6) is 11.5 Å². The fourth-order valence-corrected chi connectivity index (χ4v) is 5.11. The molecule has 1 atom stereocenters. The monoisotopic (exact) mass is 517 g/mol. The lowest BCUT2D eigenvalue weighted by molar-refractivity contribution is -0.143. The van der Waals surface area contributed by atoms with Crippen LogP contribution in [-0.2, 0) is 16.1 Å². The van der Waals surface area contributed by atoms with Crippen molar-refractivity contribution in [3.8, 4) is 11.5 Å². The summed E-state index contributed by atoms with van der Waals surface area (Å²) in [5, 5.41) is 2.17. The number of hydrogen-bond acceptors (Lipinski definition) is 8. The quantitative estimate of drug-likeness (QED) is 0.188. The lowest BCUT2D eigenvalue weighted by Gasteiger charge is -2.26. The average Bonchev–Trinajstić information content (AvgIpc) is 3.57. The molecule has 1 saturated heterocycles. The number of anilines is 1. The van der Waals surface area contributed by atoms with Crippen molar-refractivity contribution in [2.24, 2.45) is 0 Å². The number of ether oxygens (including phenoxy) is 3. The maximum atomic E-state index is 11.6. The Morgan fingerprint density at radius 3 is 2.84 bits per heavy atom. The highest BCUT2D eigenvalue weighted by Gasteiger charge is 2.29. The third kappa shape index (κ3) is 5.66. The summed E-state index contributed by atoms with van der Waals surface area (Å²) >= 11 is 0. The van der Waals surface area contributed by atoms with Gasteiger partial charge in [-0.1, -0.05) is 18.2 Å². The SMILES string of the molecule is CCOC(=O)CCCCn1cnc2c(N3CCC[C@@H]3COc3cccc4ccc(OCC)cc34)ncnc21. The first-order valence-electron chi connectivity index (χ1n) is 13.5. The molecule has 2 aromatic heterocycles. The first-order chi connectivity index (χ1) is 18.7. The van der Waals surface area contributed by atoms with Gasteiger partial charge in [-0.3, -0.25) is 4.79 Å². The standard InChI is InChI=1S/C29H35N5O4/c1-3-36-23-14-13-21-9-7-11-25(24(21)17-23)38-18-22-10-8-16-34(22)29-27-28(30-19-31-29)33(20-32-27)15-6-5-12-26(35)37-4-2/h7,9,11,13-14,17,19-20,22H,3-6,8,10,12,15-16,18H2,1-2H3/t22-/m1/s1. The van der Waals surface area contributed by atoms with E-state index >= 15 is 0 Å². The molecular weight excluding hydrogens is 482 g/mol. The minimum absolute atomic E-state index is 0.145. The van der Waals surface area contributed by atoms with E-state index in [4.69, 9.17) is 14.2 Å². The summed E-state index contributed by atoms with van der Waals surface area (Å²) < 4.78 is 19.2. The molecule has 0 unspecified atom stereocenters. The van der Waals surface area contributed by atoms with Crippen LogP contribution in [0.4, 0.5) is 5.82 Å². The summed E-state index contributed by atoms with van der Waals surface area (Å²) in [4.78, 5) is 27.7. The number of imidazole rings is 1. The number of carbonyl (C=O) groups excluding carboxylic acids is 1. The molecule has 9 nitrogen and oxygen atoms in total. The number of unbranched alkanes of at least 4 members (excludes halogenated alkanes) is 1. The van der Waals surface area contributed by atoms with E-state index in [-0.39, 0.29) is 12.0 Å². The van der Waals surface area contributed by atoms with Gasteiger partial charge in [-0.25, -0.2) is 15.0 Å². The van der Waals surface area contributed by atoms with Crippen LogP contribution in [-0.4, -0.2) is 57.9 Å². The summed E-state index contributed by atoms with van der Waals surface area (Å²) in [5.74, 6) is 2.41. The first-order valence-corrected chi connectivity index (χ1v) is 13.5. The molecule has 5 rings (SSSR count). The molecule has 1 aliphatic heterocycles. The van der Waals surface area contributed by atoms with E-state index in [1.54, 1.807) is 6.33 Å². The van der Waals surface area contributed by atoms with Gasteiger partial charge in [-0.05, 0) is 63.1 Å². The van der Waals surface area contributed by atoms with Crippen LogP contribution in [0.25, 0.3) is 21.9 Å². The van der Waals surface area contributed by atoms with Crippen molar-refractivity contribution in [2.75, 3.05) is 31.3 Å². The van der Waals surface area contributed by atoms with E-state index in [0.29, 0.717) is 26.2 Å². The summed E-state index contributed by atoms with van der Waals surface area (Å²) in [6.45, 7) is 7.05. The highest BCUT2D eigenvalue weighted by molar-refractivity contribution is 5.89. The Balaban J connectivity index is 1.28. The van der Waals surface area contributed by atoms with Crippen LogP contribution in [0.3, 0.4) is 0 Å². The molecule has 200 valence electrons. The second kappa shape index (κ2) is 12.1. The molecule has 4 aromatic rings. The number of rotatable bonds is 12. The van der Waals surface area contributed by atoms with Gasteiger partial charge in [0.1, 0.15) is 24.4 Å². The van der Waals surface area contributed by atoms with E-state index < -0.39 is 0 Å². The summed E-state index contributed by atoms with van der Waals surface area (Å²) in [7, 11) is 0. The Morgan fingerprint density at radius 2 is 1.97 bits per heavy atom. The van der Waals surface area contributed by atoms with Gasteiger partial charge in [0.15, 0.2) is 17.0 Å². The maximum Gasteiger partial charge on any atom is 0.305 e. The highest BCUT2D eigenvalue weighted by Crippen LogP contribution is 2.32. The molecule has 0 amide bonds. The largest absolute Gasteiger partial charge is 0.494 e. The zero-order valence-corrected chi connectivity index (χ0v) is 22.1. The molecule has 0 saturated carbocycles. The van der Waals surface area contributed by atoms with Crippen molar-refractivity contribution in [1.82, 2.24) is 19.5 Å². The smallest absolute Gasteiger partial charge is 0.305 e. The first kappa shape index (κ1) is 25.8. The molecule has 9 heteroatoms. The molecule has 2 aromatic carbocycles. The molecule has 38 heavy (non-hydrogen) atoms. The Morgan fingerprint density at radius 1 is 1.05 bits per heavy atom.